The Labute approximate surface area is 194 Å². The van der Waals surface area contributed by atoms with E-state index in [9.17, 15) is 13.2 Å². The van der Waals surface area contributed by atoms with Crippen LogP contribution in [0.2, 0.25) is 0 Å². The number of rotatable bonds is 6. The summed E-state index contributed by atoms with van der Waals surface area (Å²) in [5.74, 6) is 0.959. The van der Waals surface area contributed by atoms with E-state index in [4.69, 9.17) is 4.74 Å². The van der Waals surface area contributed by atoms with Crippen molar-refractivity contribution in [3.8, 4) is 23.0 Å². The minimum absolute atomic E-state index is 0.266. The number of nitrogens with one attached hydrogen (secondary N) is 1. The van der Waals surface area contributed by atoms with Gasteiger partial charge in [0, 0.05) is 6.20 Å². The molecule has 3 aromatic heterocycles. The lowest BCUT2D eigenvalue weighted by Gasteiger charge is -2.17. The molecule has 0 bridgehead atoms. The van der Waals surface area contributed by atoms with Crippen LogP contribution in [0.4, 0.5) is 19.0 Å². The van der Waals surface area contributed by atoms with Crippen LogP contribution in [-0.2, 0) is 6.18 Å². The molecule has 0 unspecified atom stereocenters. The molecule has 10 heteroatoms. The first-order chi connectivity index (χ1) is 16.2. The molecule has 34 heavy (non-hydrogen) atoms. The standard InChI is InChI=1S/C24H23F3N6O/c1-14-11-20(19-9-10-21(23(30-19)34-4)33-12-15(2)28-13-33)31-32-22(14)29-16(3)17-5-7-18(8-6-17)24(25,26)27/h5-13,16H,1-4H3,(H,29,32)/t16-/m0/s1. The average Bonchev–Trinajstić information content (AvgIpc) is 3.25. The number of anilines is 1. The summed E-state index contributed by atoms with van der Waals surface area (Å²) in [7, 11) is 1.55. The predicted molar refractivity (Wildman–Crippen MR) is 122 cm³/mol. The minimum atomic E-state index is -4.36. The van der Waals surface area contributed by atoms with Gasteiger partial charge in [0.2, 0.25) is 5.88 Å². The van der Waals surface area contributed by atoms with E-state index >= 15 is 0 Å². The van der Waals surface area contributed by atoms with Crippen LogP contribution in [0.25, 0.3) is 17.1 Å². The number of imidazole rings is 1. The molecular weight excluding hydrogens is 445 g/mol. The number of halogens is 3. The Hall–Kier alpha value is -3.95. The maximum absolute atomic E-state index is 12.8. The molecule has 1 aromatic carbocycles. The number of aryl methyl sites for hydroxylation is 2. The van der Waals surface area contributed by atoms with E-state index < -0.39 is 11.7 Å². The van der Waals surface area contributed by atoms with Crippen LogP contribution in [0.5, 0.6) is 5.88 Å². The van der Waals surface area contributed by atoms with Crippen molar-refractivity contribution >= 4 is 5.82 Å². The van der Waals surface area contributed by atoms with Crippen LogP contribution < -0.4 is 10.1 Å². The fourth-order valence-corrected chi connectivity index (χ4v) is 3.48. The van der Waals surface area contributed by atoms with Crippen LogP contribution in [0, 0.1) is 13.8 Å². The van der Waals surface area contributed by atoms with Gasteiger partial charge in [0.1, 0.15) is 11.4 Å². The zero-order chi connectivity index (χ0) is 24.5. The second-order valence-corrected chi connectivity index (χ2v) is 7.89. The Morgan fingerprint density at radius 1 is 1.00 bits per heavy atom. The largest absolute Gasteiger partial charge is 0.479 e. The van der Waals surface area contributed by atoms with Gasteiger partial charge in [-0.1, -0.05) is 12.1 Å². The third kappa shape index (κ3) is 4.85. The van der Waals surface area contributed by atoms with Crippen molar-refractivity contribution in [3.63, 3.8) is 0 Å². The molecule has 4 aromatic rings. The first-order valence-electron chi connectivity index (χ1n) is 10.5. The summed E-state index contributed by atoms with van der Waals surface area (Å²) >= 11 is 0. The number of benzene rings is 1. The molecule has 0 saturated heterocycles. The molecule has 0 aliphatic heterocycles. The van der Waals surface area contributed by atoms with E-state index in [1.165, 1.54) is 12.1 Å². The summed E-state index contributed by atoms with van der Waals surface area (Å²) < 4.78 is 45.7. The van der Waals surface area contributed by atoms with E-state index in [1.54, 1.807) is 13.4 Å². The molecule has 1 N–H and O–H groups in total. The van der Waals surface area contributed by atoms with Crippen molar-refractivity contribution < 1.29 is 17.9 Å². The van der Waals surface area contributed by atoms with Gasteiger partial charge in [0.25, 0.3) is 0 Å². The number of methoxy groups -OCH3 is 1. The van der Waals surface area contributed by atoms with E-state index in [-0.39, 0.29) is 6.04 Å². The van der Waals surface area contributed by atoms with Crippen molar-refractivity contribution in [2.45, 2.75) is 33.0 Å². The number of nitrogens with zero attached hydrogens (tertiary/aromatic N) is 5. The summed E-state index contributed by atoms with van der Waals surface area (Å²) in [6.07, 6.45) is -0.794. The Morgan fingerprint density at radius 3 is 2.32 bits per heavy atom. The van der Waals surface area contributed by atoms with Crippen molar-refractivity contribution in [1.82, 2.24) is 24.7 Å². The SMILES string of the molecule is COc1nc(-c2cc(C)c(N[C@@H](C)c3ccc(C(F)(F)F)cc3)nn2)ccc1-n1cnc(C)c1. The monoisotopic (exact) mass is 468 g/mol. The number of alkyl halides is 3. The van der Waals surface area contributed by atoms with Gasteiger partial charge < -0.3 is 14.6 Å². The Balaban J connectivity index is 1.54. The third-order valence-electron chi connectivity index (χ3n) is 5.36. The van der Waals surface area contributed by atoms with Gasteiger partial charge in [-0.15, -0.1) is 10.2 Å². The van der Waals surface area contributed by atoms with Gasteiger partial charge in [0.05, 0.1) is 36.4 Å². The Bertz CT molecular complexity index is 1300. The van der Waals surface area contributed by atoms with E-state index in [0.717, 1.165) is 29.1 Å². The van der Waals surface area contributed by atoms with Crippen LogP contribution in [-0.4, -0.2) is 31.8 Å². The molecule has 4 rings (SSSR count). The normalized spacial score (nSPS) is 12.4. The fraction of sp³-hybridized carbons (Fsp3) is 0.250. The zero-order valence-corrected chi connectivity index (χ0v) is 19.1. The molecule has 0 fully saturated rings. The Morgan fingerprint density at radius 2 is 1.74 bits per heavy atom. The molecule has 0 spiro atoms. The Kier molecular flexibility index (Phi) is 6.23. The molecule has 0 saturated carbocycles. The van der Waals surface area contributed by atoms with Crippen LogP contribution in [0.15, 0.2) is 55.0 Å². The first kappa shape index (κ1) is 23.2. The molecule has 0 aliphatic rings. The first-order valence-corrected chi connectivity index (χ1v) is 10.5. The van der Waals surface area contributed by atoms with Crippen molar-refractivity contribution in [2.24, 2.45) is 0 Å². The van der Waals surface area contributed by atoms with Gasteiger partial charge in [-0.25, -0.2) is 9.97 Å². The van der Waals surface area contributed by atoms with Gasteiger partial charge in [-0.2, -0.15) is 13.2 Å². The maximum Gasteiger partial charge on any atom is 0.416 e. The molecule has 0 amide bonds. The molecule has 0 aliphatic carbocycles. The van der Waals surface area contributed by atoms with Gasteiger partial charge in [-0.3, -0.25) is 0 Å². The average molecular weight is 468 g/mol. The second kappa shape index (κ2) is 9.12. The van der Waals surface area contributed by atoms with Crippen molar-refractivity contribution in [2.75, 3.05) is 12.4 Å². The highest BCUT2D eigenvalue weighted by atomic mass is 19.4. The number of ether oxygens (including phenoxy) is 1. The smallest absolute Gasteiger partial charge is 0.416 e. The highest BCUT2D eigenvalue weighted by Crippen LogP contribution is 2.31. The molecule has 7 nitrogen and oxygen atoms in total. The molecule has 176 valence electrons. The highest BCUT2D eigenvalue weighted by Gasteiger charge is 2.30. The summed E-state index contributed by atoms with van der Waals surface area (Å²) in [5.41, 5.74) is 3.63. The molecule has 1 atom stereocenters. The predicted octanol–water partition coefficient (Wildman–Crippen LogP) is 5.54. The number of aromatic nitrogens is 5. The van der Waals surface area contributed by atoms with Crippen LogP contribution in [0.1, 0.15) is 35.3 Å². The van der Waals surface area contributed by atoms with Gasteiger partial charge in [-0.05, 0) is 62.2 Å². The van der Waals surface area contributed by atoms with Gasteiger partial charge in [0.15, 0.2) is 5.82 Å². The molecule has 3 heterocycles. The lowest BCUT2D eigenvalue weighted by Crippen LogP contribution is -2.11. The summed E-state index contributed by atoms with van der Waals surface area (Å²) in [6.45, 7) is 5.62. The topological polar surface area (TPSA) is 77.8 Å². The second-order valence-electron chi connectivity index (χ2n) is 7.89. The quantitative estimate of drug-likeness (QED) is 0.400. The van der Waals surface area contributed by atoms with Crippen LogP contribution >= 0.6 is 0 Å². The highest BCUT2D eigenvalue weighted by molar-refractivity contribution is 5.61. The summed E-state index contributed by atoms with van der Waals surface area (Å²) in [4.78, 5) is 8.80. The lowest BCUT2D eigenvalue weighted by atomic mass is 10.1. The van der Waals surface area contributed by atoms with Crippen molar-refractivity contribution in [1.29, 1.82) is 0 Å². The van der Waals surface area contributed by atoms with Gasteiger partial charge >= 0.3 is 6.18 Å². The fourth-order valence-electron chi connectivity index (χ4n) is 3.48. The number of hydrogen-bond acceptors (Lipinski definition) is 6. The number of pyridine rings is 1. The minimum Gasteiger partial charge on any atom is -0.479 e. The van der Waals surface area contributed by atoms with Crippen LogP contribution in [0.3, 0.4) is 0 Å². The lowest BCUT2D eigenvalue weighted by molar-refractivity contribution is -0.137. The maximum atomic E-state index is 12.8. The zero-order valence-electron chi connectivity index (χ0n) is 19.1. The number of hydrogen-bond donors (Lipinski definition) is 1. The third-order valence-corrected chi connectivity index (χ3v) is 5.36. The summed E-state index contributed by atoms with van der Waals surface area (Å²) in [6, 6.07) is 10.3. The van der Waals surface area contributed by atoms with E-state index in [0.29, 0.717) is 28.6 Å². The van der Waals surface area contributed by atoms with E-state index in [2.05, 4.69) is 25.5 Å². The molecule has 0 radical (unpaired) electrons. The van der Waals surface area contributed by atoms with E-state index in [1.807, 2.05) is 49.7 Å². The molecular formula is C24H23F3N6O. The summed E-state index contributed by atoms with van der Waals surface area (Å²) in [5, 5.41) is 11.8. The van der Waals surface area contributed by atoms with Crippen molar-refractivity contribution in [3.05, 3.63) is 77.4 Å².